The zero-order valence-corrected chi connectivity index (χ0v) is 16.5. The van der Waals surface area contributed by atoms with Crippen LogP contribution in [-0.4, -0.2) is 16.8 Å². The third-order valence-corrected chi connectivity index (χ3v) is 2.25. The number of aromatic carboxylic acids is 1. The topological polar surface area (TPSA) is 37.3 Å². The largest absolute Gasteiger partial charge is 1.00 e. The number of benzene rings is 1. The molecule has 5 heteroatoms. The van der Waals surface area contributed by atoms with Crippen LogP contribution >= 0.6 is 11.8 Å². The van der Waals surface area contributed by atoms with Crippen molar-refractivity contribution >= 4 is 17.7 Å². The van der Waals surface area contributed by atoms with Gasteiger partial charge < -0.3 is 12.0 Å². The second-order valence-electron chi connectivity index (χ2n) is 2.15. The SMILES string of the molecule is [CH2-]CSc1ccccc1C(=O)O.[Hg].[Na+]. The molecule has 0 aromatic heterocycles. The number of hydrogen-bond donors (Lipinski definition) is 1. The van der Waals surface area contributed by atoms with E-state index in [-0.39, 0.29) is 57.2 Å². The first-order valence-electron chi connectivity index (χ1n) is 3.50. The molecule has 0 aliphatic heterocycles. The Labute approximate surface area is 131 Å². The molecule has 0 radical (unpaired) electrons. The van der Waals surface area contributed by atoms with Crippen molar-refractivity contribution in [1.82, 2.24) is 0 Å². The summed E-state index contributed by atoms with van der Waals surface area (Å²) in [5.41, 5.74) is 0.353. The second-order valence-corrected chi connectivity index (χ2v) is 3.29. The van der Waals surface area contributed by atoms with E-state index >= 15 is 0 Å². The Kier molecular flexibility index (Phi) is 11.4. The minimum atomic E-state index is -0.883. The third-order valence-electron chi connectivity index (χ3n) is 1.38. The first kappa shape index (κ1) is 17.4. The average Bonchev–Trinajstić information content (AvgIpc) is 2.05. The fourth-order valence-corrected chi connectivity index (χ4v) is 1.58. The first-order valence-corrected chi connectivity index (χ1v) is 4.48. The van der Waals surface area contributed by atoms with Crippen molar-refractivity contribution < 1.29 is 67.1 Å². The quantitative estimate of drug-likeness (QED) is 0.412. The van der Waals surface area contributed by atoms with Gasteiger partial charge in [0.25, 0.3) is 0 Å². The molecule has 0 spiro atoms. The first-order chi connectivity index (χ1) is 5.75. The van der Waals surface area contributed by atoms with Crippen LogP contribution in [0, 0.1) is 6.92 Å². The van der Waals surface area contributed by atoms with E-state index in [1.165, 1.54) is 11.8 Å². The Bertz CT molecular complexity index is 294. The summed E-state index contributed by atoms with van der Waals surface area (Å²) < 4.78 is 0. The van der Waals surface area contributed by atoms with Gasteiger partial charge in [0.15, 0.2) is 0 Å². The smallest absolute Gasteiger partial charge is 0.478 e. The van der Waals surface area contributed by atoms with Gasteiger partial charge in [0, 0.05) is 32.6 Å². The van der Waals surface area contributed by atoms with Gasteiger partial charge in [-0.3, -0.25) is 0 Å². The van der Waals surface area contributed by atoms with Gasteiger partial charge in [0.05, 0.1) is 5.56 Å². The number of rotatable bonds is 3. The molecule has 0 atom stereocenters. The monoisotopic (exact) mass is 406 g/mol. The van der Waals surface area contributed by atoms with Crippen LogP contribution in [0.1, 0.15) is 10.4 Å². The second kappa shape index (κ2) is 9.22. The minimum Gasteiger partial charge on any atom is -0.478 e. The van der Waals surface area contributed by atoms with Gasteiger partial charge >= 0.3 is 35.5 Å². The molecule has 0 heterocycles. The summed E-state index contributed by atoms with van der Waals surface area (Å²) in [7, 11) is 0. The van der Waals surface area contributed by atoms with Crippen LogP contribution in [0.15, 0.2) is 29.2 Å². The summed E-state index contributed by atoms with van der Waals surface area (Å²) in [5, 5.41) is 8.76. The molecule has 0 aliphatic rings. The van der Waals surface area contributed by atoms with Gasteiger partial charge in [-0.05, 0) is 12.1 Å². The summed E-state index contributed by atoms with van der Waals surface area (Å²) in [4.78, 5) is 11.4. The third kappa shape index (κ3) is 5.17. The molecule has 1 N–H and O–H groups in total. The van der Waals surface area contributed by atoms with Crippen LogP contribution in [0.25, 0.3) is 0 Å². The summed E-state index contributed by atoms with van der Waals surface area (Å²) in [6.07, 6.45) is 0. The van der Waals surface area contributed by atoms with Crippen LogP contribution in [0.4, 0.5) is 0 Å². The van der Waals surface area contributed by atoms with Crippen molar-refractivity contribution in [2.75, 3.05) is 5.75 Å². The Morgan fingerprint density at radius 3 is 2.50 bits per heavy atom. The van der Waals surface area contributed by atoms with E-state index < -0.39 is 5.97 Å². The maximum Gasteiger partial charge on any atom is 1.00 e. The Balaban J connectivity index is 0. The van der Waals surface area contributed by atoms with Gasteiger partial charge in [-0.15, -0.1) is 5.75 Å². The fraction of sp³-hybridized carbons (Fsp3) is 0.111. The molecule has 1 aromatic carbocycles. The van der Waals surface area contributed by atoms with Crippen LogP contribution < -0.4 is 29.6 Å². The molecule has 0 saturated carbocycles. The van der Waals surface area contributed by atoms with E-state index in [1.54, 1.807) is 18.2 Å². The number of carboxylic acid groups (broad SMARTS) is 1. The molecule has 14 heavy (non-hydrogen) atoms. The summed E-state index contributed by atoms with van der Waals surface area (Å²) in [6, 6.07) is 6.93. The van der Waals surface area contributed by atoms with Crippen molar-refractivity contribution in [2.45, 2.75) is 4.90 Å². The van der Waals surface area contributed by atoms with Gasteiger partial charge in [-0.1, -0.05) is 12.1 Å². The van der Waals surface area contributed by atoms with Gasteiger partial charge in [-0.2, -0.15) is 11.8 Å². The van der Waals surface area contributed by atoms with Crippen LogP contribution in [0.3, 0.4) is 0 Å². The predicted molar refractivity (Wildman–Crippen MR) is 49.5 cm³/mol. The normalized spacial score (nSPS) is 8.36. The molecule has 66 valence electrons. The molecular formula is C9H9HgNaO2S. The molecule has 0 fully saturated rings. The number of carboxylic acids is 1. The zero-order valence-electron chi connectivity index (χ0n) is 8.19. The molecule has 0 unspecified atom stereocenters. The van der Waals surface area contributed by atoms with Crippen molar-refractivity contribution in [3.8, 4) is 0 Å². The van der Waals surface area contributed by atoms with E-state index in [4.69, 9.17) is 5.11 Å². The van der Waals surface area contributed by atoms with Crippen molar-refractivity contribution in [1.29, 1.82) is 0 Å². The zero-order chi connectivity index (χ0) is 8.97. The van der Waals surface area contributed by atoms with E-state index in [0.29, 0.717) is 11.3 Å². The van der Waals surface area contributed by atoms with Crippen LogP contribution in [0.2, 0.25) is 0 Å². The standard InChI is InChI=1S/C9H9O2S.Hg.Na/c1-2-12-8-6-4-3-5-7(8)9(10)11;;/h3-6H,1-2H2,(H,10,11);;/q-1;;+1. The average molecular weight is 405 g/mol. The number of carbonyl (C=O) groups is 1. The Hall–Kier alpha value is 0.975. The van der Waals surface area contributed by atoms with Crippen molar-refractivity contribution in [3.63, 3.8) is 0 Å². The Morgan fingerprint density at radius 1 is 1.43 bits per heavy atom. The predicted octanol–water partition coefficient (Wildman–Crippen LogP) is -0.688. The number of hydrogen-bond acceptors (Lipinski definition) is 2. The molecule has 0 bridgehead atoms. The van der Waals surface area contributed by atoms with Crippen LogP contribution in [0.5, 0.6) is 0 Å². The van der Waals surface area contributed by atoms with E-state index in [1.807, 2.05) is 6.07 Å². The molecule has 1 rings (SSSR count). The van der Waals surface area contributed by atoms with Gasteiger partial charge in [0.2, 0.25) is 0 Å². The molecule has 0 aliphatic carbocycles. The molecule has 1 aromatic rings. The van der Waals surface area contributed by atoms with E-state index in [0.717, 1.165) is 4.90 Å². The Morgan fingerprint density at radius 2 is 2.00 bits per heavy atom. The molecule has 0 saturated heterocycles. The van der Waals surface area contributed by atoms with Crippen molar-refractivity contribution in [2.24, 2.45) is 0 Å². The fourth-order valence-electron chi connectivity index (χ4n) is 0.879. The van der Waals surface area contributed by atoms with Crippen LogP contribution in [-0.2, 0) is 27.7 Å². The maximum absolute atomic E-state index is 10.7. The molecule has 0 amide bonds. The maximum atomic E-state index is 10.7. The summed E-state index contributed by atoms with van der Waals surface area (Å²) >= 11 is 1.44. The van der Waals surface area contributed by atoms with Gasteiger partial charge in [-0.25, -0.2) is 4.79 Å². The molecular weight excluding hydrogens is 396 g/mol. The van der Waals surface area contributed by atoms with Crippen molar-refractivity contribution in [3.05, 3.63) is 36.8 Å². The van der Waals surface area contributed by atoms with E-state index in [2.05, 4.69) is 6.92 Å². The summed E-state index contributed by atoms with van der Waals surface area (Å²) in [5.74, 6) is -0.240. The van der Waals surface area contributed by atoms with Gasteiger partial charge in [0.1, 0.15) is 0 Å². The van der Waals surface area contributed by atoms with E-state index in [9.17, 15) is 4.79 Å². The summed E-state index contributed by atoms with van der Waals surface area (Å²) in [6.45, 7) is 3.65. The minimum absolute atomic E-state index is 0. The number of thioether (sulfide) groups is 1. The molecule has 2 nitrogen and oxygen atoms in total.